The molecule has 106 valence electrons. The highest BCUT2D eigenvalue weighted by Gasteiger charge is 2.02. The molecular weight excluding hydrogens is 268 g/mol. The lowest BCUT2D eigenvalue weighted by atomic mass is 10.3. The molecular formula is C14H14N6O. The summed E-state index contributed by atoms with van der Waals surface area (Å²) < 4.78 is 0. The van der Waals surface area contributed by atoms with Crippen molar-refractivity contribution < 1.29 is 4.79 Å². The van der Waals surface area contributed by atoms with Crippen molar-refractivity contribution >= 4 is 11.7 Å². The number of carbonyl (C=O) groups is 1. The van der Waals surface area contributed by atoms with Crippen LogP contribution in [0.25, 0.3) is 0 Å². The van der Waals surface area contributed by atoms with Gasteiger partial charge in [-0.1, -0.05) is 6.07 Å². The van der Waals surface area contributed by atoms with Gasteiger partial charge in [0.2, 0.25) is 5.91 Å². The molecule has 2 N–H and O–H groups in total. The van der Waals surface area contributed by atoms with Crippen LogP contribution in [0, 0.1) is 11.3 Å². The summed E-state index contributed by atoms with van der Waals surface area (Å²) in [6.07, 6.45) is 2.00. The van der Waals surface area contributed by atoms with Crippen LogP contribution in [0.1, 0.15) is 17.8 Å². The van der Waals surface area contributed by atoms with Crippen LogP contribution in [0.15, 0.2) is 36.5 Å². The third-order valence-electron chi connectivity index (χ3n) is 2.63. The zero-order chi connectivity index (χ0) is 14.9. The highest BCUT2D eigenvalue weighted by Crippen LogP contribution is 2.01. The summed E-state index contributed by atoms with van der Waals surface area (Å²) in [6, 6.07) is 10.7. The SMILES string of the molecule is N#Cc1ccc(NCCC(=O)NCc2ccccn2)nn1. The van der Waals surface area contributed by atoms with E-state index in [2.05, 4.69) is 25.8 Å². The molecule has 0 aromatic carbocycles. The second kappa shape index (κ2) is 7.55. The highest BCUT2D eigenvalue weighted by atomic mass is 16.1. The average Bonchev–Trinajstić information content (AvgIpc) is 2.54. The van der Waals surface area contributed by atoms with Gasteiger partial charge in [-0.05, 0) is 24.3 Å². The predicted molar refractivity (Wildman–Crippen MR) is 75.9 cm³/mol. The summed E-state index contributed by atoms with van der Waals surface area (Å²) in [5, 5.41) is 21.9. The third kappa shape index (κ3) is 4.87. The van der Waals surface area contributed by atoms with Gasteiger partial charge in [-0.2, -0.15) is 5.26 Å². The van der Waals surface area contributed by atoms with Gasteiger partial charge in [-0.3, -0.25) is 9.78 Å². The first-order valence-electron chi connectivity index (χ1n) is 6.42. The number of rotatable bonds is 6. The Bertz CT molecular complexity index is 620. The van der Waals surface area contributed by atoms with Crippen molar-refractivity contribution in [3.05, 3.63) is 47.9 Å². The van der Waals surface area contributed by atoms with Crippen LogP contribution >= 0.6 is 0 Å². The minimum Gasteiger partial charge on any atom is -0.368 e. The number of nitrogens with zero attached hydrogens (tertiary/aromatic N) is 4. The van der Waals surface area contributed by atoms with Gasteiger partial charge >= 0.3 is 0 Å². The van der Waals surface area contributed by atoms with Gasteiger partial charge in [-0.15, -0.1) is 10.2 Å². The van der Waals surface area contributed by atoms with Crippen LogP contribution in [0.2, 0.25) is 0 Å². The molecule has 7 nitrogen and oxygen atoms in total. The van der Waals surface area contributed by atoms with E-state index >= 15 is 0 Å². The molecule has 2 aromatic rings. The molecule has 0 atom stereocenters. The maximum absolute atomic E-state index is 11.6. The van der Waals surface area contributed by atoms with Crippen molar-refractivity contribution in [1.82, 2.24) is 20.5 Å². The summed E-state index contributed by atoms with van der Waals surface area (Å²) in [5.74, 6) is 0.460. The Morgan fingerprint density at radius 3 is 2.81 bits per heavy atom. The molecule has 0 aliphatic carbocycles. The van der Waals surface area contributed by atoms with Crippen LogP contribution in [-0.2, 0) is 11.3 Å². The average molecular weight is 282 g/mol. The number of nitriles is 1. The molecule has 0 aliphatic heterocycles. The molecule has 0 radical (unpaired) electrons. The van der Waals surface area contributed by atoms with E-state index in [4.69, 9.17) is 5.26 Å². The van der Waals surface area contributed by atoms with E-state index in [0.29, 0.717) is 25.3 Å². The molecule has 0 unspecified atom stereocenters. The van der Waals surface area contributed by atoms with E-state index < -0.39 is 0 Å². The summed E-state index contributed by atoms with van der Waals surface area (Å²) in [4.78, 5) is 15.8. The second-order valence-electron chi connectivity index (χ2n) is 4.19. The number of pyridine rings is 1. The molecule has 21 heavy (non-hydrogen) atoms. The normalized spacial score (nSPS) is 9.67. The molecule has 0 bridgehead atoms. The smallest absolute Gasteiger partial charge is 0.222 e. The summed E-state index contributed by atoms with van der Waals surface area (Å²) >= 11 is 0. The molecule has 2 heterocycles. The Kier molecular flexibility index (Phi) is 5.18. The molecule has 2 rings (SSSR count). The van der Waals surface area contributed by atoms with Gasteiger partial charge in [-0.25, -0.2) is 0 Å². The summed E-state index contributed by atoms with van der Waals surface area (Å²) in [6.45, 7) is 0.852. The molecule has 1 amide bonds. The van der Waals surface area contributed by atoms with E-state index in [0.717, 1.165) is 5.69 Å². The van der Waals surface area contributed by atoms with E-state index in [-0.39, 0.29) is 11.6 Å². The van der Waals surface area contributed by atoms with Crippen molar-refractivity contribution in [2.24, 2.45) is 0 Å². The molecule has 7 heteroatoms. The lowest BCUT2D eigenvalue weighted by Gasteiger charge is -2.06. The first-order valence-corrected chi connectivity index (χ1v) is 6.42. The first kappa shape index (κ1) is 14.4. The van der Waals surface area contributed by atoms with Crippen molar-refractivity contribution in [2.75, 3.05) is 11.9 Å². The van der Waals surface area contributed by atoms with Crippen LogP contribution in [-0.4, -0.2) is 27.6 Å². The van der Waals surface area contributed by atoms with Gasteiger partial charge in [0.1, 0.15) is 11.9 Å². The monoisotopic (exact) mass is 282 g/mol. The Labute approximate surface area is 122 Å². The molecule has 0 fully saturated rings. The van der Waals surface area contributed by atoms with Crippen molar-refractivity contribution in [1.29, 1.82) is 5.26 Å². The van der Waals surface area contributed by atoms with Crippen LogP contribution in [0.5, 0.6) is 0 Å². The Morgan fingerprint density at radius 1 is 1.24 bits per heavy atom. The predicted octanol–water partition coefficient (Wildman–Crippen LogP) is 0.862. The molecule has 0 saturated carbocycles. The lowest BCUT2D eigenvalue weighted by Crippen LogP contribution is -2.25. The second-order valence-corrected chi connectivity index (χ2v) is 4.19. The lowest BCUT2D eigenvalue weighted by molar-refractivity contribution is -0.121. The van der Waals surface area contributed by atoms with E-state index in [1.165, 1.54) is 0 Å². The zero-order valence-corrected chi connectivity index (χ0v) is 11.3. The Balaban J connectivity index is 1.68. The third-order valence-corrected chi connectivity index (χ3v) is 2.63. The Hall–Kier alpha value is -3.01. The van der Waals surface area contributed by atoms with Crippen molar-refractivity contribution in [3.63, 3.8) is 0 Å². The summed E-state index contributed by atoms with van der Waals surface area (Å²) in [5.41, 5.74) is 1.07. The maximum atomic E-state index is 11.6. The number of anilines is 1. The minimum absolute atomic E-state index is 0.0743. The van der Waals surface area contributed by atoms with E-state index in [9.17, 15) is 4.79 Å². The highest BCUT2D eigenvalue weighted by molar-refractivity contribution is 5.76. The number of hydrogen-bond acceptors (Lipinski definition) is 6. The number of carbonyl (C=O) groups excluding carboxylic acids is 1. The van der Waals surface area contributed by atoms with Crippen LogP contribution in [0.3, 0.4) is 0 Å². The standard InChI is InChI=1S/C14H14N6O/c15-9-11-4-5-13(20-19-11)17-8-6-14(21)18-10-12-3-1-2-7-16-12/h1-5,7H,6,8,10H2,(H,17,20)(H,18,21). The molecule has 0 saturated heterocycles. The Morgan fingerprint density at radius 2 is 2.14 bits per heavy atom. The molecule has 0 aliphatic rings. The van der Waals surface area contributed by atoms with Gasteiger partial charge < -0.3 is 10.6 Å². The van der Waals surface area contributed by atoms with Crippen LogP contribution < -0.4 is 10.6 Å². The van der Waals surface area contributed by atoms with E-state index in [1.807, 2.05) is 24.3 Å². The van der Waals surface area contributed by atoms with Crippen LogP contribution in [0.4, 0.5) is 5.82 Å². The van der Waals surface area contributed by atoms with Crippen molar-refractivity contribution in [3.8, 4) is 6.07 Å². The van der Waals surface area contributed by atoms with E-state index in [1.54, 1.807) is 18.3 Å². The van der Waals surface area contributed by atoms with Gasteiger partial charge in [0.05, 0.1) is 12.2 Å². The maximum Gasteiger partial charge on any atom is 0.222 e. The fourth-order valence-corrected chi connectivity index (χ4v) is 1.57. The fraction of sp³-hybridized carbons (Fsp3) is 0.214. The first-order chi connectivity index (χ1) is 10.3. The number of aromatic nitrogens is 3. The van der Waals surface area contributed by atoms with Gasteiger partial charge in [0.25, 0.3) is 0 Å². The van der Waals surface area contributed by atoms with Crippen molar-refractivity contribution in [2.45, 2.75) is 13.0 Å². The minimum atomic E-state index is -0.0743. The number of amides is 1. The number of nitrogens with one attached hydrogen (secondary N) is 2. The van der Waals surface area contributed by atoms with Gasteiger partial charge in [0.15, 0.2) is 5.69 Å². The fourth-order valence-electron chi connectivity index (χ4n) is 1.57. The molecule has 0 spiro atoms. The number of hydrogen-bond donors (Lipinski definition) is 2. The quantitative estimate of drug-likeness (QED) is 0.814. The van der Waals surface area contributed by atoms with Gasteiger partial charge in [0, 0.05) is 19.2 Å². The topological polar surface area (TPSA) is 104 Å². The molecule has 2 aromatic heterocycles. The summed E-state index contributed by atoms with van der Waals surface area (Å²) in [7, 11) is 0. The zero-order valence-electron chi connectivity index (χ0n) is 11.3. The largest absolute Gasteiger partial charge is 0.368 e.